The molecule has 0 aliphatic heterocycles. The first-order valence-electron chi connectivity index (χ1n) is 5.97. The van der Waals surface area contributed by atoms with Crippen molar-refractivity contribution < 1.29 is 9.15 Å². The van der Waals surface area contributed by atoms with E-state index in [0.717, 1.165) is 0 Å². The van der Waals surface area contributed by atoms with Gasteiger partial charge in [0.1, 0.15) is 12.1 Å². The molecule has 0 amide bonds. The number of halogens is 1. The molecule has 0 aliphatic rings. The van der Waals surface area contributed by atoms with E-state index in [0.29, 0.717) is 35.8 Å². The van der Waals surface area contributed by atoms with Crippen molar-refractivity contribution in [1.82, 2.24) is 29.9 Å². The first-order chi connectivity index (χ1) is 9.78. The van der Waals surface area contributed by atoms with E-state index in [9.17, 15) is 4.79 Å². The van der Waals surface area contributed by atoms with Crippen molar-refractivity contribution in [2.45, 2.75) is 19.6 Å². The number of hydrogen-bond donors (Lipinski definition) is 1. The van der Waals surface area contributed by atoms with E-state index in [4.69, 9.17) is 9.15 Å². The number of aromatic amines is 1. The summed E-state index contributed by atoms with van der Waals surface area (Å²) < 4.78 is 11.8. The van der Waals surface area contributed by atoms with Gasteiger partial charge in [-0.3, -0.25) is 9.48 Å². The molecule has 0 saturated carbocycles. The van der Waals surface area contributed by atoms with Crippen LogP contribution in [0.15, 0.2) is 21.7 Å². The molecule has 0 spiro atoms. The van der Waals surface area contributed by atoms with E-state index in [2.05, 4.69) is 25.3 Å². The van der Waals surface area contributed by atoms with Gasteiger partial charge >= 0.3 is 0 Å². The lowest BCUT2D eigenvalue weighted by Crippen LogP contribution is -2.13. The number of H-pyrrole nitrogens is 1. The molecule has 3 aromatic heterocycles. The molecule has 0 bridgehead atoms. The first kappa shape index (κ1) is 15.1. The maximum atomic E-state index is 11.7. The second-order valence-electron chi connectivity index (χ2n) is 4.11. The fraction of sp³-hybridized carbons (Fsp3) is 0.364. The minimum absolute atomic E-state index is 0. The van der Waals surface area contributed by atoms with Crippen molar-refractivity contribution in [2.75, 3.05) is 7.11 Å². The van der Waals surface area contributed by atoms with Gasteiger partial charge in [-0.05, 0) is 0 Å². The van der Waals surface area contributed by atoms with Gasteiger partial charge in [0, 0.05) is 13.5 Å². The summed E-state index contributed by atoms with van der Waals surface area (Å²) in [6.45, 7) is 0.730. The van der Waals surface area contributed by atoms with E-state index in [1.165, 1.54) is 6.33 Å². The van der Waals surface area contributed by atoms with Gasteiger partial charge in [0.2, 0.25) is 11.8 Å². The Morgan fingerprint density at radius 1 is 1.38 bits per heavy atom. The highest BCUT2D eigenvalue weighted by atomic mass is 35.5. The maximum Gasteiger partial charge on any atom is 0.276 e. The molecule has 3 rings (SSSR count). The minimum atomic E-state index is -0.224. The van der Waals surface area contributed by atoms with Crippen molar-refractivity contribution in [2.24, 2.45) is 0 Å². The lowest BCUT2D eigenvalue weighted by molar-refractivity contribution is 0.158. The highest BCUT2D eigenvalue weighted by Crippen LogP contribution is 2.07. The zero-order valence-electron chi connectivity index (χ0n) is 11.1. The van der Waals surface area contributed by atoms with Gasteiger partial charge < -0.3 is 14.1 Å². The molecule has 3 heterocycles. The smallest absolute Gasteiger partial charge is 0.276 e. The van der Waals surface area contributed by atoms with E-state index in [1.807, 2.05) is 0 Å². The second-order valence-corrected chi connectivity index (χ2v) is 4.11. The highest BCUT2D eigenvalue weighted by molar-refractivity contribution is 5.85. The number of hydrogen-bond acceptors (Lipinski definition) is 7. The molecule has 112 valence electrons. The van der Waals surface area contributed by atoms with Crippen LogP contribution >= 0.6 is 12.4 Å². The zero-order valence-corrected chi connectivity index (χ0v) is 12.0. The van der Waals surface area contributed by atoms with Gasteiger partial charge in [-0.15, -0.1) is 22.6 Å². The van der Waals surface area contributed by atoms with Crippen LogP contribution in [-0.2, 0) is 24.3 Å². The first-order valence-corrected chi connectivity index (χ1v) is 5.97. The lowest BCUT2D eigenvalue weighted by atomic mass is 10.4. The number of ether oxygens (including phenoxy) is 1. The quantitative estimate of drug-likeness (QED) is 0.721. The average Bonchev–Trinajstić information content (AvgIpc) is 3.04. The number of methoxy groups -OCH3 is 1. The molecular formula is C11H13ClN6O3. The molecule has 0 radical (unpaired) electrons. The molecule has 21 heavy (non-hydrogen) atoms. The van der Waals surface area contributed by atoms with Gasteiger partial charge in [0.15, 0.2) is 5.52 Å². The molecule has 10 heteroatoms. The number of nitrogens with zero attached hydrogens (tertiary/aromatic N) is 5. The lowest BCUT2D eigenvalue weighted by Gasteiger charge is -1.99. The van der Waals surface area contributed by atoms with Crippen molar-refractivity contribution in [3.8, 4) is 0 Å². The number of fused-ring (bicyclic) bond motifs is 1. The number of nitrogens with one attached hydrogen (secondary N) is 1. The summed E-state index contributed by atoms with van der Waals surface area (Å²) in [5, 5.41) is 11.9. The molecule has 1 N–H and O–H groups in total. The molecule has 0 unspecified atom stereocenters. The van der Waals surface area contributed by atoms with Gasteiger partial charge in [0.05, 0.1) is 19.1 Å². The van der Waals surface area contributed by atoms with Crippen molar-refractivity contribution in [3.63, 3.8) is 0 Å². The molecule has 0 fully saturated rings. The average molecular weight is 313 g/mol. The van der Waals surface area contributed by atoms with Crippen LogP contribution in [0.5, 0.6) is 0 Å². The van der Waals surface area contributed by atoms with E-state index in [-0.39, 0.29) is 24.6 Å². The number of aromatic nitrogens is 6. The monoisotopic (exact) mass is 312 g/mol. The van der Waals surface area contributed by atoms with Gasteiger partial charge in [-0.25, -0.2) is 4.98 Å². The topological polar surface area (TPSA) is 112 Å². The zero-order chi connectivity index (χ0) is 13.9. The molecular weight excluding hydrogens is 300 g/mol. The van der Waals surface area contributed by atoms with Crippen LogP contribution in [0.1, 0.15) is 11.8 Å². The third kappa shape index (κ3) is 3.09. The van der Waals surface area contributed by atoms with Crippen molar-refractivity contribution in [3.05, 3.63) is 34.7 Å². The summed E-state index contributed by atoms with van der Waals surface area (Å²) >= 11 is 0. The predicted molar refractivity (Wildman–Crippen MR) is 74.1 cm³/mol. The Kier molecular flexibility index (Phi) is 4.66. The summed E-state index contributed by atoms with van der Waals surface area (Å²) in [7, 11) is 1.55. The SMILES string of the molecule is COCc1nnc(CCn2ncc3nc[nH]c(=O)c32)o1.Cl. The Hall–Kier alpha value is -2.26. The summed E-state index contributed by atoms with van der Waals surface area (Å²) in [4.78, 5) is 18.3. The number of rotatable bonds is 5. The predicted octanol–water partition coefficient (Wildman–Crippen LogP) is 0.313. The van der Waals surface area contributed by atoms with E-state index < -0.39 is 0 Å². The molecule has 3 aromatic rings. The van der Waals surface area contributed by atoms with Crippen LogP contribution in [-0.4, -0.2) is 37.1 Å². The van der Waals surface area contributed by atoms with Crippen LogP contribution in [0.3, 0.4) is 0 Å². The third-order valence-electron chi connectivity index (χ3n) is 2.75. The molecule has 0 aromatic carbocycles. The fourth-order valence-corrected chi connectivity index (χ4v) is 1.87. The maximum absolute atomic E-state index is 11.7. The highest BCUT2D eigenvalue weighted by Gasteiger charge is 2.10. The Labute approximate surface area is 124 Å². The van der Waals surface area contributed by atoms with Gasteiger partial charge in [-0.2, -0.15) is 5.10 Å². The molecule has 0 saturated heterocycles. The van der Waals surface area contributed by atoms with Crippen LogP contribution in [0, 0.1) is 0 Å². The minimum Gasteiger partial charge on any atom is -0.423 e. The Balaban J connectivity index is 0.00000161. The summed E-state index contributed by atoms with van der Waals surface area (Å²) in [5.74, 6) is 0.897. The molecule has 0 atom stereocenters. The summed E-state index contributed by atoms with van der Waals surface area (Å²) in [6.07, 6.45) is 3.38. The van der Waals surface area contributed by atoms with Gasteiger partial charge in [0.25, 0.3) is 5.56 Å². The van der Waals surface area contributed by atoms with Crippen LogP contribution < -0.4 is 5.56 Å². The van der Waals surface area contributed by atoms with Crippen LogP contribution in [0.2, 0.25) is 0 Å². The Bertz CT molecular complexity index is 779. The second kappa shape index (κ2) is 6.46. The molecule has 9 nitrogen and oxygen atoms in total. The van der Waals surface area contributed by atoms with E-state index in [1.54, 1.807) is 18.0 Å². The standard InChI is InChI=1S/C11H12N6O3.ClH/c1-19-5-9-16-15-8(20-9)2-3-17-10-7(4-14-17)12-6-13-11(10)18;/h4,6H,2-3,5H2,1H3,(H,12,13,18);1H. The number of aryl methyl sites for hydroxylation is 2. The molecule has 0 aliphatic carbocycles. The summed E-state index contributed by atoms with van der Waals surface area (Å²) in [6, 6.07) is 0. The third-order valence-corrected chi connectivity index (χ3v) is 2.75. The summed E-state index contributed by atoms with van der Waals surface area (Å²) in [5.41, 5.74) is 0.765. The Morgan fingerprint density at radius 3 is 3.00 bits per heavy atom. The Morgan fingerprint density at radius 2 is 2.19 bits per heavy atom. The van der Waals surface area contributed by atoms with Crippen molar-refractivity contribution >= 4 is 23.4 Å². The van der Waals surface area contributed by atoms with E-state index >= 15 is 0 Å². The normalized spacial score (nSPS) is 10.7. The van der Waals surface area contributed by atoms with Crippen LogP contribution in [0.4, 0.5) is 0 Å². The van der Waals surface area contributed by atoms with Crippen molar-refractivity contribution in [1.29, 1.82) is 0 Å². The van der Waals surface area contributed by atoms with Crippen LogP contribution in [0.25, 0.3) is 11.0 Å². The van der Waals surface area contributed by atoms with Gasteiger partial charge in [-0.1, -0.05) is 0 Å². The largest absolute Gasteiger partial charge is 0.423 e. The fourth-order valence-electron chi connectivity index (χ4n) is 1.87.